The van der Waals surface area contributed by atoms with Gasteiger partial charge >= 0.3 is 0 Å². The minimum atomic E-state index is -0.181. The second-order valence-corrected chi connectivity index (χ2v) is 7.39. The highest BCUT2D eigenvalue weighted by Gasteiger charge is 2.12. The van der Waals surface area contributed by atoms with E-state index in [4.69, 9.17) is 4.42 Å². The highest BCUT2D eigenvalue weighted by atomic mass is 16.3. The first kappa shape index (κ1) is 20.3. The Morgan fingerprint density at radius 3 is 2.76 bits per heavy atom. The van der Waals surface area contributed by atoms with E-state index in [2.05, 4.69) is 25.8 Å². The van der Waals surface area contributed by atoms with Gasteiger partial charge in [0.05, 0.1) is 41.0 Å². The summed E-state index contributed by atoms with van der Waals surface area (Å²) in [5, 5.41) is 14.7. The van der Waals surface area contributed by atoms with Crippen molar-refractivity contribution in [1.82, 2.24) is 20.5 Å². The number of rotatable bonds is 7. The van der Waals surface area contributed by atoms with Crippen LogP contribution in [0.3, 0.4) is 0 Å². The number of aromatic amines is 1. The van der Waals surface area contributed by atoms with Crippen molar-refractivity contribution in [3.63, 3.8) is 0 Å². The van der Waals surface area contributed by atoms with Crippen LogP contribution in [-0.4, -0.2) is 21.1 Å². The van der Waals surface area contributed by atoms with Crippen LogP contribution in [0.1, 0.15) is 27.5 Å². The number of hydrogen-bond donors (Lipinski definition) is 3. The van der Waals surface area contributed by atoms with Gasteiger partial charge in [-0.25, -0.2) is 0 Å². The van der Waals surface area contributed by atoms with Gasteiger partial charge in [0.1, 0.15) is 5.76 Å². The topological polar surface area (TPSA) is 95.8 Å². The summed E-state index contributed by atoms with van der Waals surface area (Å²) in [7, 11) is 0. The van der Waals surface area contributed by atoms with Gasteiger partial charge in [0.2, 0.25) is 0 Å². The number of aromatic nitrogens is 3. The number of hydrogen-bond acceptors (Lipinski definition) is 5. The Labute approximate surface area is 190 Å². The lowest BCUT2D eigenvalue weighted by molar-refractivity contribution is 0.0949. The quantitative estimate of drug-likeness (QED) is 0.318. The van der Waals surface area contributed by atoms with Crippen LogP contribution in [0.5, 0.6) is 0 Å². The van der Waals surface area contributed by atoms with Crippen LogP contribution in [0.15, 0.2) is 89.7 Å². The van der Waals surface area contributed by atoms with Gasteiger partial charge in [-0.3, -0.25) is 14.9 Å². The highest BCUT2D eigenvalue weighted by molar-refractivity contribution is 6.00. The van der Waals surface area contributed by atoms with Gasteiger partial charge in [-0.1, -0.05) is 18.2 Å². The molecule has 7 heteroatoms. The van der Waals surface area contributed by atoms with Crippen LogP contribution in [0, 0.1) is 0 Å². The van der Waals surface area contributed by atoms with E-state index in [-0.39, 0.29) is 5.91 Å². The molecule has 0 aliphatic rings. The maximum Gasteiger partial charge on any atom is 0.253 e. The van der Waals surface area contributed by atoms with E-state index in [0.717, 1.165) is 28.0 Å². The molecule has 5 rings (SSSR count). The van der Waals surface area contributed by atoms with Crippen molar-refractivity contribution >= 4 is 40.3 Å². The van der Waals surface area contributed by atoms with E-state index >= 15 is 0 Å². The number of fused-ring (bicyclic) bond motifs is 1. The molecule has 0 atom stereocenters. The number of nitrogens with one attached hydrogen (secondary N) is 3. The molecule has 33 heavy (non-hydrogen) atoms. The van der Waals surface area contributed by atoms with Crippen LogP contribution in [-0.2, 0) is 6.54 Å². The predicted octanol–water partition coefficient (Wildman–Crippen LogP) is 5.39. The van der Waals surface area contributed by atoms with E-state index in [0.29, 0.717) is 23.6 Å². The van der Waals surface area contributed by atoms with E-state index in [9.17, 15) is 4.79 Å². The maximum atomic E-state index is 12.7. The van der Waals surface area contributed by atoms with Crippen LogP contribution in [0.2, 0.25) is 0 Å². The average Bonchev–Trinajstić information content (AvgIpc) is 3.52. The minimum absolute atomic E-state index is 0.181. The number of H-pyrrole nitrogens is 1. The molecule has 3 heterocycles. The molecule has 0 radical (unpaired) electrons. The molecular formula is C26H21N5O2. The van der Waals surface area contributed by atoms with Crippen molar-refractivity contribution in [2.24, 2.45) is 0 Å². The predicted molar refractivity (Wildman–Crippen MR) is 129 cm³/mol. The van der Waals surface area contributed by atoms with Gasteiger partial charge in [0.25, 0.3) is 5.91 Å². The number of carbonyl (C=O) groups is 1. The number of carbonyl (C=O) groups excluding carboxylic acids is 1. The zero-order chi connectivity index (χ0) is 22.5. The molecule has 5 aromatic rings. The lowest BCUT2D eigenvalue weighted by Crippen LogP contribution is -2.23. The third-order valence-corrected chi connectivity index (χ3v) is 5.15. The van der Waals surface area contributed by atoms with Gasteiger partial charge < -0.3 is 15.1 Å². The molecule has 162 valence electrons. The van der Waals surface area contributed by atoms with Crippen LogP contribution in [0.4, 0.5) is 11.4 Å². The standard InChI is InChI=1S/C26H21N5O2/c32-26(28-17-20-7-5-15-33-20)22-8-1-2-9-23(22)29-19-10-12-21-24(30-31-25(21)16-19)13-11-18-6-3-4-14-27-18/h1-16,29H,17H2,(H,28,32)(H,30,31). The molecule has 0 spiro atoms. The fourth-order valence-corrected chi connectivity index (χ4v) is 3.51. The zero-order valence-electron chi connectivity index (χ0n) is 17.7. The van der Waals surface area contributed by atoms with Crippen molar-refractivity contribution in [2.45, 2.75) is 6.54 Å². The largest absolute Gasteiger partial charge is 0.467 e. The van der Waals surface area contributed by atoms with Crippen molar-refractivity contribution in [3.05, 3.63) is 108 Å². The number of benzene rings is 2. The smallest absolute Gasteiger partial charge is 0.253 e. The minimum Gasteiger partial charge on any atom is -0.467 e. The Kier molecular flexibility index (Phi) is 5.67. The Morgan fingerprint density at radius 2 is 1.91 bits per heavy atom. The van der Waals surface area contributed by atoms with Crippen LogP contribution in [0.25, 0.3) is 23.1 Å². The third kappa shape index (κ3) is 4.67. The van der Waals surface area contributed by atoms with Crippen molar-refractivity contribution in [1.29, 1.82) is 0 Å². The third-order valence-electron chi connectivity index (χ3n) is 5.15. The monoisotopic (exact) mass is 435 g/mol. The Hall–Kier alpha value is -4.65. The van der Waals surface area contributed by atoms with Crippen LogP contribution < -0.4 is 10.6 Å². The summed E-state index contributed by atoms with van der Waals surface area (Å²) < 4.78 is 5.28. The van der Waals surface area contributed by atoms with Crippen LogP contribution >= 0.6 is 0 Å². The molecule has 2 aromatic carbocycles. The van der Waals surface area contributed by atoms with Gasteiger partial charge in [0, 0.05) is 17.3 Å². The molecule has 0 saturated heterocycles. The number of furan rings is 1. The molecular weight excluding hydrogens is 414 g/mol. The van der Waals surface area contributed by atoms with Crippen molar-refractivity contribution in [2.75, 3.05) is 5.32 Å². The number of nitrogens with zero attached hydrogens (tertiary/aromatic N) is 2. The van der Waals surface area contributed by atoms with E-state index < -0.39 is 0 Å². The molecule has 0 unspecified atom stereocenters. The first-order chi connectivity index (χ1) is 16.3. The van der Waals surface area contributed by atoms with Crippen molar-refractivity contribution in [3.8, 4) is 0 Å². The molecule has 0 saturated carbocycles. The maximum absolute atomic E-state index is 12.7. The molecule has 3 N–H and O–H groups in total. The Bertz CT molecular complexity index is 1410. The van der Waals surface area contributed by atoms with Gasteiger partial charge in [-0.15, -0.1) is 0 Å². The van der Waals surface area contributed by atoms with Gasteiger partial charge in [0.15, 0.2) is 0 Å². The number of pyridine rings is 1. The summed E-state index contributed by atoms with van der Waals surface area (Å²) in [6.07, 6.45) is 7.21. The molecule has 3 aromatic heterocycles. The summed E-state index contributed by atoms with van der Waals surface area (Å²) in [5.41, 5.74) is 4.70. The Balaban J connectivity index is 1.33. The lowest BCUT2D eigenvalue weighted by Gasteiger charge is -2.12. The van der Waals surface area contributed by atoms with Gasteiger partial charge in [-0.2, -0.15) is 5.10 Å². The van der Waals surface area contributed by atoms with Crippen molar-refractivity contribution < 1.29 is 9.21 Å². The molecule has 0 fully saturated rings. The van der Waals surface area contributed by atoms with E-state index in [1.54, 1.807) is 24.6 Å². The summed E-state index contributed by atoms with van der Waals surface area (Å²) in [6, 6.07) is 22.7. The average molecular weight is 435 g/mol. The molecule has 0 aliphatic heterocycles. The molecule has 1 amide bonds. The SMILES string of the molecule is O=C(NCc1ccco1)c1ccccc1Nc1ccc2c(C=Cc3ccccn3)n[nH]c2c1. The van der Waals surface area contributed by atoms with Gasteiger partial charge in [-0.05, 0) is 66.7 Å². The summed E-state index contributed by atoms with van der Waals surface area (Å²) >= 11 is 0. The molecule has 7 nitrogen and oxygen atoms in total. The number of para-hydroxylation sites is 1. The second kappa shape index (κ2) is 9.23. The summed E-state index contributed by atoms with van der Waals surface area (Å²) in [5.74, 6) is 0.519. The van der Waals surface area contributed by atoms with E-state index in [1.807, 2.05) is 72.8 Å². The fourth-order valence-electron chi connectivity index (χ4n) is 3.51. The zero-order valence-corrected chi connectivity index (χ0v) is 17.7. The summed E-state index contributed by atoms with van der Waals surface area (Å²) in [6.45, 7) is 0.328. The number of amides is 1. The number of anilines is 2. The summed E-state index contributed by atoms with van der Waals surface area (Å²) in [4.78, 5) is 17.0. The Morgan fingerprint density at radius 1 is 1.00 bits per heavy atom. The first-order valence-electron chi connectivity index (χ1n) is 10.5. The highest BCUT2D eigenvalue weighted by Crippen LogP contribution is 2.26. The normalized spacial score (nSPS) is 11.2. The first-order valence-corrected chi connectivity index (χ1v) is 10.5. The molecule has 0 bridgehead atoms. The molecule has 0 aliphatic carbocycles. The fraction of sp³-hybridized carbons (Fsp3) is 0.0385. The lowest BCUT2D eigenvalue weighted by atomic mass is 10.1. The van der Waals surface area contributed by atoms with E-state index in [1.165, 1.54) is 0 Å². The second-order valence-electron chi connectivity index (χ2n) is 7.39.